The van der Waals surface area contributed by atoms with Gasteiger partial charge >= 0.3 is 5.97 Å². The number of carboxylic acids is 1. The molecule has 2 rings (SSSR count). The van der Waals surface area contributed by atoms with Crippen molar-refractivity contribution in [3.63, 3.8) is 0 Å². The molecule has 0 unspecified atom stereocenters. The number of anilines is 1. The highest BCUT2D eigenvalue weighted by Crippen LogP contribution is 2.19. The standard InChI is InChI=1S/C14H20FN3O2/c1-2-18-5-3-10(4-6-18)8-16-13-12(14(19)20)7-11(15)9-17-13/h7,9-10H,2-6,8H2,1H3,(H,16,17)(H,19,20). The molecule has 1 aromatic heterocycles. The number of pyridine rings is 1. The molecule has 0 aliphatic carbocycles. The maximum atomic E-state index is 13.0. The molecule has 20 heavy (non-hydrogen) atoms. The summed E-state index contributed by atoms with van der Waals surface area (Å²) in [6, 6.07) is 0.997. The van der Waals surface area contributed by atoms with Crippen LogP contribution in [0.5, 0.6) is 0 Å². The zero-order chi connectivity index (χ0) is 14.5. The molecule has 1 aliphatic heterocycles. The zero-order valence-electron chi connectivity index (χ0n) is 11.6. The highest BCUT2D eigenvalue weighted by molar-refractivity contribution is 5.93. The van der Waals surface area contributed by atoms with Gasteiger partial charge in [-0.05, 0) is 44.5 Å². The molecule has 1 aliphatic rings. The fourth-order valence-corrected chi connectivity index (χ4v) is 2.49. The van der Waals surface area contributed by atoms with Gasteiger partial charge in [0, 0.05) is 6.54 Å². The van der Waals surface area contributed by atoms with Gasteiger partial charge in [-0.2, -0.15) is 0 Å². The quantitative estimate of drug-likeness (QED) is 0.865. The largest absolute Gasteiger partial charge is 0.478 e. The first kappa shape index (κ1) is 14.7. The summed E-state index contributed by atoms with van der Waals surface area (Å²) in [6.45, 7) is 6.05. The summed E-state index contributed by atoms with van der Waals surface area (Å²) in [5.41, 5.74) is -0.115. The summed E-state index contributed by atoms with van der Waals surface area (Å²) in [5, 5.41) is 12.1. The molecule has 0 bridgehead atoms. The van der Waals surface area contributed by atoms with Crippen molar-refractivity contribution in [2.24, 2.45) is 5.92 Å². The van der Waals surface area contributed by atoms with Gasteiger partial charge in [-0.3, -0.25) is 0 Å². The van der Waals surface area contributed by atoms with Crippen LogP contribution in [0.3, 0.4) is 0 Å². The van der Waals surface area contributed by atoms with Gasteiger partial charge in [-0.25, -0.2) is 14.2 Å². The van der Waals surface area contributed by atoms with Crippen LogP contribution in [0, 0.1) is 11.7 Å². The van der Waals surface area contributed by atoms with Crippen LogP contribution in [-0.4, -0.2) is 47.1 Å². The van der Waals surface area contributed by atoms with Crippen molar-refractivity contribution in [1.82, 2.24) is 9.88 Å². The Labute approximate surface area is 117 Å². The van der Waals surface area contributed by atoms with Crippen molar-refractivity contribution < 1.29 is 14.3 Å². The number of nitrogens with one attached hydrogen (secondary N) is 1. The lowest BCUT2D eigenvalue weighted by molar-refractivity contribution is 0.0697. The first-order valence-corrected chi connectivity index (χ1v) is 6.95. The maximum absolute atomic E-state index is 13.0. The molecule has 2 N–H and O–H groups in total. The molecule has 1 saturated heterocycles. The van der Waals surface area contributed by atoms with Crippen molar-refractivity contribution in [3.05, 3.63) is 23.6 Å². The van der Waals surface area contributed by atoms with Crippen LogP contribution in [0.2, 0.25) is 0 Å². The van der Waals surface area contributed by atoms with Crippen LogP contribution < -0.4 is 5.32 Å². The number of aromatic carboxylic acids is 1. The number of halogens is 1. The molecule has 0 saturated carbocycles. The van der Waals surface area contributed by atoms with Gasteiger partial charge < -0.3 is 15.3 Å². The number of nitrogens with zero attached hydrogens (tertiary/aromatic N) is 2. The Balaban J connectivity index is 1.93. The van der Waals surface area contributed by atoms with E-state index in [0.29, 0.717) is 12.5 Å². The van der Waals surface area contributed by atoms with Gasteiger partial charge in [0.2, 0.25) is 0 Å². The zero-order valence-corrected chi connectivity index (χ0v) is 11.6. The van der Waals surface area contributed by atoms with Crippen molar-refractivity contribution in [2.75, 3.05) is 31.5 Å². The minimum Gasteiger partial charge on any atom is -0.478 e. The Morgan fingerprint density at radius 1 is 1.55 bits per heavy atom. The molecular weight excluding hydrogens is 261 g/mol. The normalized spacial score (nSPS) is 17.1. The number of aromatic nitrogens is 1. The predicted octanol–water partition coefficient (Wildman–Crippen LogP) is 2.06. The lowest BCUT2D eigenvalue weighted by atomic mass is 9.97. The lowest BCUT2D eigenvalue weighted by Crippen LogP contribution is -2.35. The maximum Gasteiger partial charge on any atom is 0.339 e. The summed E-state index contributed by atoms with van der Waals surface area (Å²) in [4.78, 5) is 17.3. The van der Waals surface area contributed by atoms with Gasteiger partial charge in [-0.1, -0.05) is 6.92 Å². The van der Waals surface area contributed by atoms with E-state index in [1.807, 2.05) is 0 Å². The second-order valence-corrected chi connectivity index (χ2v) is 5.11. The monoisotopic (exact) mass is 281 g/mol. The summed E-state index contributed by atoms with van der Waals surface area (Å²) in [6.07, 6.45) is 3.21. The molecule has 0 aromatic carbocycles. The van der Waals surface area contributed by atoms with E-state index in [4.69, 9.17) is 5.11 Å². The average molecular weight is 281 g/mol. The topological polar surface area (TPSA) is 65.5 Å². The van der Waals surface area contributed by atoms with Crippen molar-refractivity contribution in [3.8, 4) is 0 Å². The summed E-state index contributed by atoms with van der Waals surface area (Å²) in [7, 11) is 0. The Morgan fingerprint density at radius 3 is 2.85 bits per heavy atom. The fraction of sp³-hybridized carbons (Fsp3) is 0.571. The van der Waals surface area contributed by atoms with E-state index in [1.54, 1.807) is 0 Å². The SMILES string of the molecule is CCN1CCC(CNc2ncc(F)cc2C(=O)O)CC1. The molecule has 5 nitrogen and oxygen atoms in total. The molecule has 0 spiro atoms. The molecule has 0 radical (unpaired) electrons. The van der Waals surface area contributed by atoms with Gasteiger partial charge in [0.15, 0.2) is 0 Å². The van der Waals surface area contributed by atoms with E-state index >= 15 is 0 Å². The number of rotatable bonds is 5. The molecule has 6 heteroatoms. The number of carboxylic acid groups (broad SMARTS) is 1. The number of hydrogen-bond donors (Lipinski definition) is 2. The van der Waals surface area contributed by atoms with E-state index in [0.717, 1.165) is 44.7 Å². The average Bonchev–Trinajstić information content (AvgIpc) is 2.46. The van der Waals surface area contributed by atoms with Crippen molar-refractivity contribution in [2.45, 2.75) is 19.8 Å². The minimum atomic E-state index is -1.17. The van der Waals surface area contributed by atoms with Crippen LogP contribution in [-0.2, 0) is 0 Å². The van der Waals surface area contributed by atoms with Gasteiger partial charge in [0.25, 0.3) is 0 Å². The molecular formula is C14H20FN3O2. The summed E-state index contributed by atoms with van der Waals surface area (Å²) < 4.78 is 13.0. The van der Waals surface area contributed by atoms with E-state index < -0.39 is 11.8 Å². The Kier molecular flexibility index (Phi) is 4.89. The Bertz CT molecular complexity index is 473. The summed E-state index contributed by atoms with van der Waals surface area (Å²) >= 11 is 0. The molecule has 0 atom stereocenters. The van der Waals surface area contributed by atoms with Crippen LogP contribution in [0.4, 0.5) is 10.2 Å². The molecule has 1 aromatic rings. The Morgan fingerprint density at radius 2 is 2.25 bits per heavy atom. The van der Waals surface area contributed by atoms with Crippen molar-refractivity contribution in [1.29, 1.82) is 0 Å². The first-order valence-electron chi connectivity index (χ1n) is 6.95. The van der Waals surface area contributed by atoms with Gasteiger partial charge in [-0.15, -0.1) is 0 Å². The van der Waals surface area contributed by atoms with Crippen LogP contribution >= 0.6 is 0 Å². The predicted molar refractivity (Wildman–Crippen MR) is 74.5 cm³/mol. The minimum absolute atomic E-state index is 0.115. The van der Waals surface area contributed by atoms with Crippen molar-refractivity contribution >= 4 is 11.8 Å². The van der Waals surface area contributed by atoms with Crippen LogP contribution in [0.1, 0.15) is 30.1 Å². The van der Waals surface area contributed by atoms with E-state index in [9.17, 15) is 9.18 Å². The van der Waals surface area contributed by atoms with Gasteiger partial charge in [0.05, 0.1) is 6.20 Å². The first-order chi connectivity index (χ1) is 9.60. The molecule has 110 valence electrons. The van der Waals surface area contributed by atoms with Crippen LogP contribution in [0.15, 0.2) is 12.3 Å². The third-order valence-electron chi connectivity index (χ3n) is 3.80. The number of carbonyl (C=O) groups is 1. The third-order valence-corrected chi connectivity index (χ3v) is 3.80. The molecule has 0 amide bonds. The van der Waals surface area contributed by atoms with E-state index in [2.05, 4.69) is 22.1 Å². The van der Waals surface area contributed by atoms with E-state index in [1.165, 1.54) is 0 Å². The molecule has 2 heterocycles. The number of piperidine rings is 1. The summed E-state index contributed by atoms with van der Waals surface area (Å²) in [5.74, 6) is -1.05. The van der Waals surface area contributed by atoms with Gasteiger partial charge in [0.1, 0.15) is 17.2 Å². The third kappa shape index (κ3) is 3.66. The number of hydrogen-bond acceptors (Lipinski definition) is 4. The second kappa shape index (κ2) is 6.65. The number of likely N-dealkylation sites (tertiary alicyclic amines) is 1. The second-order valence-electron chi connectivity index (χ2n) is 5.11. The lowest BCUT2D eigenvalue weighted by Gasteiger charge is -2.31. The smallest absolute Gasteiger partial charge is 0.339 e. The highest BCUT2D eigenvalue weighted by Gasteiger charge is 2.19. The van der Waals surface area contributed by atoms with E-state index in [-0.39, 0.29) is 11.4 Å². The highest BCUT2D eigenvalue weighted by atomic mass is 19.1. The Hall–Kier alpha value is -1.69. The van der Waals surface area contributed by atoms with Crippen LogP contribution in [0.25, 0.3) is 0 Å². The fourth-order valence-electron chi connectivity index (χ4n) is 2.49. The molecule has 1 fully saturated rings.